The van der Waals surface area contributed by atoms with E-state index >= 15 is 0 Å². The van der Waals surface area contributed by atoms with Gasteiger partial charge in [0.2, 0.25) is 0 Å². The van der Waals surface area contributed by atoms with Crippen LogP contribution in [0.2, 0.25) is 0 Å². The number of pyridine rings is 1. The highest BCUT2D eigenvalue weighted by Gasteiger charge is 2.14. The van der Waals surface area contributed by atoms with E-state index in [1.807, 2.05) is 36.3 Å². The van der Waals surface area contributed by atoms with E-state index in [-0.39, 0.29) is 6.04 Å². The molecule has 0 aromatic carbocycles. The maximum absolute atomic E-state index is 4.45. The lowest BCUT2D eigenvalue weighted by atomic mass is 10.1. The molecule has 0 aliphatic rings. The van der Waals surface area contributed by atoms with Crippen LogP contribution in [0.5, 0.6) is 0 Å². The van der Waals surface area contributed by atoms with E-state index in [1.165, 1.54) is 0 Å². The number of aryl methyl sites for hydroxylation is 1. The van der Waals surface area contributed by atoms with E-state index in [0.717, 1.165) is 35.2 Å². The minimum absolute atomic E-state index is 0.217. The van der Waals surface area contributed by atoms with Gasteiger partial charge in [-0.2, -0.15) is 0 Å². The summed E-state index contributed by atoms with van der Waals surface area (Å²) >= 11 is 3.41. The predicted molar refractivity (Wildman–Crippen MR) is 79.9 cm³/mol. The maximum Gasteiger partial charge on any atom is 0.0947 e. The van der Waals surface area contributed by atoms with E-state index in [2.05, 4.69) is 44.3 Å². The molecule has 5 heteroatoms. The highest BCUT2D eigenvalue weighted by Crippen LogP contribution is 2.17. The molecule has 0 amide bonds. The van der Waals surface area contributed by atoms with Crippen molar-refractivity contribution < 1.29 is 0 Å². The third-order valence-corrected chi connectivity index (χ3v) is 3.39. The second kappa shape index (κ2) is 6.82. The first-order valence-corrected chi connectivity index (χ1v) is 7.30. The molecule has 0 aliphatic carbocycles. The predicted octanol–water partition coefficient (Wildman–Crippen LogP) is 2.86. The molecule has 0 saturated carbocycles. The Morgan fingerprint density at radius 1 is 1.37 bits per heavy atom. The Morgan fingerprint density at radius 2 is 2.21 bits per heavy atom. The molecule has 0 saturated heterocycles. The summed E-state index contributed by atoms with van der Waals surface area (Å²) < 4.78 is 2.98. The van der Waals surface area contributed by atoms with Crippen LogP contribution in [-0.2, 0) is 13.5 Å². The summed E-state index contributed by atoms with van der Waals surface area (Å²) in [7, 11) is 1.99. The van der Waals surface area contributed by atoms with Crippen LogP contribution in [0.4, 0.5) is 0 Å². The van der Waals surface area contributed by atoms with Gasteiger partial charge in [0.05, 0.1) is 18.1 Å². The van der Waals surface area contributed by atoms with Crippen molar-refractivity contribution in [3.05, 3.63) is 46.7 Å². The lowest BCUT2D eigenvalue weighted by Gasteiger charge is -2.16. The molecule has 1 unspecified atom stereocenters. The zero-order valence-electron chi connectivity index (χ0n) is 11.3. The zero-order chi connectivity index (χ0) is 13.7. The quantitative estimate of drug-likeness (QED) is 0.889. The van der Waals surface area contributed by atoms with E-state index in [0.29, 0.717) is 0 Å². The molecular formula is C14H19BrN4. The van der Waals surface area contributed by atoms with Crippen molar-refractivity contribution in [2.45, 2.75) is 25.8 Å². The Bertz CT molecular complexity index is 506. The fraction of sp³-hybridized carbons (Fsp3) is 0.429. The molecule has 0 aliphatic heterocycles. The van der Waals surface area contributed by atoms with Gasteiger partial charge in [-0.1, -0.05) is 6.92 Å². The molecule has 19 heavy (non-hydrogen) atoms. The first-order valence-electron chi connectivity index (χ1n) is 6.50. The Balaban J connectivity index is 2.11. The monoisotopic (exact) mass is 322 g/mol. The molecule has 2 aromatic heterocycles. The van der Waals surface area contributed by atoms with Crippen LogP contribution in [-0.4, -0.2) is 21.1 Å². The van der Waals surface area contributed by atoms with Gasteiger partial charge in [0.1, 0.15) is 0 Å². The van der Waals surface area contributed by atoms with E-state index < -0.39 is 0 Å². The average Bonchev–Trinajstić information content (AvgIpc) is 2.83. The summed E-state index contributed by atoms with van der Waals surface area (Å²) in [5, 5.41) is 3.53. The van der Waals surface area contributed by atoms with Crippen LogP contribution in [0.1, 0.15) is 30.8 Å². The summed E-state index contributed by atoms with van der Waals surface area (Å²) in [5.74, 6) is 0. The van der Waals surface area contributed by atoms with Crippen LogP contribution in [0.3, 0.4) is 0 Å². The largest absolute Gasteiger partial charge is 0.340 e. The maximum atomic E-state index is 4.45. The molecule has 102 valence electrons. The van der Waals surface area contributed by atoms with Gasteiger partial charge in [-0.15, -0.1) is 0 Å². The standard InChI is InChI=1S/C14H19BrN4/c1-3-6-16-13(14-9-19(2)10-18-14)7-12-5-4-11(15)8-17-12/h4-5,8-10,13,16H,3,6-7H2,1-2H3. The summed E-state index contributed by atoms with van der Waals surface area (Å²) in [5.41, 5.74) is 2.14. The Labute approximate surface area is 122 Å². The molecule has 1 N–H and O–H groups in total. The molecule has 2 rings (SSSR count). The number of imidazole rings is 1. The minimum atomic E-state index is 0.217. The number of hydrogen-bond donors (Lipinski definition) is 1. The normalized spacial score (nSPS) is 12.6. The van der Waals surface area contributed by atoms with Crippen molar-refractivity contribution in [2.24, 2.45) is 7.05 Å². The van der Waals surface area contributed by atoms with Crippen LogP contribution in [0.15, 0.2) is 35.3 Å². The van der Waals surface area contributed by atoms with Gasteiger partial charge in [-0.3, -0.25) is 4.98 Å². The smallest absolute Gasteiger partial charge is 0.0947 e. The average molecular weight is 323 g/mol. The van der Waals surface area contributed by atoms with Crippen molar-refractivity contribution in [3.63, 3.8) is 0 Å². The highest BCUT2D eigenvalue weighted by atomic mass is 79.9. The minimum Gasteiger partial charge on any atom is -0.340 e. The second-order valence-corrected chi connectivity index (χ2v) is 5.56. The van der Waals surface area contributed by atoms with Crippen LogP contribution in [0.25, 0.3) is 0 Å². The zero-order valence-corrected chi connectivity index (χ0v) is 12.9. The van der Waals surface area contributed by atoms with Gasteiger partial charge in [-0.05, 0) is 41.0 Å². The lowest BCUT2D eigenvalue weighted by Crippen LogP contribution is -2.24. The number of rotatable bonds is 6. The van der Waals surface area contributed by atoms with Crippen LogP contribution < -0.4 is 5.32 Å². The molecular weight excluding hydrogens is 304 g/mol. The SMILES string of the molecule is CCCNC(Cc1ccc(Br)cn1)c1cn(C)cn1. The summed E-state index contributed by atoms with van der Waals surface area (Å²) in [6.45, 7) is 3.15. The molecule has 0 spiro atoms. The van der Waals surface area contributed by atoms with E-state index in [1.54, 1.807) is 0 Å². The molecule has 1 atom stereocenters. The number of aromatic nitrogens is 3. The lowest BCUT2D eigenvalue weighted by molar-refractivity contribution is 0.514. The Hall–Kier alpha value is -1.20. The fourth-order valence-electron chi connectivity index (χ4n) is 1.95. The molecule has 2 heterocycles. The third-order valence-electron chi connectivity index (χ3n) is 2.92. The van der Waals surface area contributed by atoms with E-state index in [9.17, 15) is 0 Å². The highest BCUT2D eigenvalue weighted by molar-refractivity contribution is 9.10. The topological polar surface area (TPSA) is 42.7 Å². The molecule has 4 nitrogen and oxygen atoms in total. The van der Waals surface area contributed by atoms with Gasteiger partial charge in [0.15, 0.2) is 0 Å². The van der Waals surface area contributed by atoms with Crippen molar-refractivity contribution in [3.8, 4) is 0 Å². The number of nitrogens with zero attached hydrogens (tertiary/aromatic N) is 3. The summed E-state index contributed by atoms with van der Waals surface area (Å²) in [4.78, 5) is 8.88. The van der Waals surface area contributed by atoms with Gasteiger partial charge in [-0.25, -0.2) is 4.98 Å². The number of nitrogens with one attached hydrogen (secondary N) is 1. The second-order valence-electron chi connectivity index (χ2n) is 4.64. The van der Waals surface area contributed by atoms with Gasteiger partial charge in [0.25, 0.3) is 0 Å². The van der Waals surface area contributed by atoms with Crippen LogP contribution in [0, 0.1) is 0 Å². The van der Waals surface area contributed by atoms with Gasteiger partial charge < -0.3 is 9.88 Å². The Kier molecular flexibility index (Phi) is 5.10. The van der Waals surface area contributed by atoms with E-state index in [4.69, 9.17) is 0 Å². The van der Waals surface area contributed by atoms with Crippen molar-refractivity contribution in [1.82, 2.24) is 19.9 Å². The van der Waals surface area contributed by atoms with Crippen molar-refractivity contribution >= 4 is 15.9 Å². The Morgan fingerprint density at radius 3 is 2.79 bits per heavy atom. The summed E-state index contributed by atoms with van der Waals surface area (Å²) in [6.07, 6.45) is 7.70. The van der Waals surface area contributed by atoms with Crippen molar-refractivity contribution in [2.75, 3.05) is 6.54 Å². The fourth-order valence-corrected chi connectivity index (χ4v) is 2.18. The number of hydrogen-bond acceptors (Lipinski definition) is 3. The summed E-state index contributed by atoms with van der Waals surface area (Å²) in [6, 6.07) is 4.29. The first-order chi connectivity index (χ1) is 9.19. The first kappa shape index (κ1) is 14.2. The van der Waals surface area contributed by atoms with Crippen molar-refractivity contribution in [1.29, 1.82) is 0 Å². The van der Waals surface area contributed by atoms with Gasteiger partial charge >= 0.3 is 0 Å². The molecule has 0 bridgehead atoms. The number of halogens is 1. The molecule has 0 fully saturated rings. The molecule has 2 aromatic rings. The van der Waals surface area contributed by atoms with Gasteiger partial charge in [0, 0.05) is 36.0 Å². The van der Waals surface area contributed by atoms with Crippen LogP contribution >= 0.6 is 15.9 Å². The molecule has 0 radical (unpaired) electrons. The third kappa shape index (κ3) is 4.14.